The van der Waals surface area contributed by atoms with Crippen LogP contribution in [0.25, 0.3) is 0 Å². The highest BCUT2D eigenvalue weighted by Crippen LogP contribution is 2.43. The van der Waals surface area contributed by atoms with Gasteiger partial charge in [-0.1, -0.05) is 31.5 Å². The minimum atomic E-state index is -0.640. The number of hydrogen-bond donors (Lipinski definition) is 1. The Labute approximate surface area is 131 Å². The van der Waals surface area contributed by atoms with Crippen molar-refractivity contribution in [3.8, 4) is 0 Å². The monoisotopic (exact) mass is 314 g/mol. The van der Waals surface area contributed by atoms with E-state index in [0.29, 0.717) is 11.8 Å². The molecule has 0 saturated heterocycles. The van der Waals surface area contributed by atoms with Crippen LogP contribution in [0.4, 0.5) is 4.39 Å². The van der Waals surface area contributed by atoms with E-state index in [-0.39, 0.29) is 5.02 Å². The smallest absolute Gasteiger partial charge is 0.142 e. The van der Waals surface area contributed by atoms with Crippen molar-refractivity contribution in [2.24, 2.45) is 5.41 Å². The van der Waals surface area contributed by atoms with Crippen LogP contribution in [0, 0.1) is 11.2 Å². The second-order valence-corrected chi connectivity index (χ2v) is 7.31. The van der Waals surface area contributed by atoms with Crippen LogP contribution in [-0.2, 0) is 11.2 Å². The third-order valence-corrected chi connectivity index (χ3v) is 5.18. The van der Waals surface area contributed by atoms with Gasteiger partial charge in [-0.15, -0.1) is 0 Å². The number of aliphatic hydroxyl groups excluding tert-OH is 1. The van der Waals surface area contributed by atoms with E-state index in [1.54, 1.807) is 13.2 Å². The van der Waals surface area contributed by atoms with Crippen LogP contribution in [-0.4, -0.2) is 23.9 Å². The topological polar surface area (TPSA) is 29.5 Å². The molecule has 1 fully saturated rings. The van der Waals surface area contributed by atoms with Gasteiger partial charge in [0.15, 0.2) is 0 Å². The van der Waals surface area contributed by atoms with E-state index in [1.807, 2.05) is 0 Å². The zero-order chi connectivity index (χ0) is 15.7. The predicted octanol–water partition coefficient (Wildman–Crippen LogP) is 4.37. The maximum Gasteiger partial charge on any atom is 0.142 e. The molecule has 2 rings (SSSR count). The molecule has 118 valence electrons. The Bertz CT molecular complexity index is 492. The molecule has 1 aliphatic rings. The quantitative estimate of drug-likeness (QED) is 0.894. The molecule has 0 spiro atoms. The standard InChI is InChI=1S/C17H24ClFO2/c1-16(2)6-8-17(21-3,9-7-16)15(20)11-12-4-5-13(18)14(19)10-12/h4-5,10,15,20H,6-9,11H2,1-3H3. The van der Waals surface area contributed by atoms with Crippen LogP contribution in [0.5, 0.6) is 0 Å². The lowest BCUT2D eigenvalue weighted by molar-refractivity contribution is -0.135. The van der Waals surface area contributed by atoms with E-state index >= 15 is 0 Å². The summed E-state index contributed by atoms with van der Waals surface area (Å²) in [5.74, 6) is -0.447. The molecule has 4 heteroatoms. The lowest BCUT2D eigenvalue weighted by Crippen LogP contribution is -2.49. The third kappa shape index (κ3) is 3.77. The summed E-state index contributed by atoms with van der Waals surface area (Å²) in [6.07, 6.45) is 3.43. The largest absolute Gasteiger partial charge is 0.390 e. The van der Waals surface area contributed by atoms with Gasteiger partial charge in [-0.3, -0.25) is 0 Å². The van der Waals surface area contributed by atoms with E-state index < -0.39 is 17.5 Å². The summed E-state index contributed by atoms with van der Waals surface area (Å²) in [5.41, 5.74) is 0.519. The van der Waals surface area contributed by atoms with Gasteiger partial charge in [0, 0.05) is 13.5 Å². The first kappa shape index (κ1) is 16.7. The third-order valence-electron chi connectivity index (χ3n) is 4.88. The van der Waals surface area contributed by atoms with Crippen LogP contribution in [0.15, 0.2) is 18.2 Å². The van der Waals surface area contributed by atoms with Gasteiger partial charge in [-0.25, -0.2) is 4.39 Å². The lowest BCUT2D eigenvalue weighted by atomic mass is 9.68. The molecule has 1 unspecified atom stereocenters. The Hall–Kier alpha value is -0.640. The van der Waals surface area contributed by atoms with Gasteiger partial charge in [0.1, 0.15) is 5.82 Å². The zero-order valence-corrected chi connectivity index (χ0v) is 13.7. The second-order valence-electron chi connectivity index (χ2n) is 6.90. The number of benzene rings is 1. The zero-order valence-electron chi connectivity index (χ0n) is 13.0. The molecular weight excluding hydrogens is 291 g/mol. The van der Waals surface area contributed by atoms with Crippen LogP contribution >= 0.6 is 11.6 Å². The SMILES string of the molecule is COC1(C(O)Cc2ccc(Cl)c(F)c2)CCC(C)(C)CC1. The molecule has 1 aromatic rings. The molecule has 1 aliphatic carbocycles. The first-order valence-electron chi connectivity index (χ1n) is 7.45. The Morgan fingerprint density at radius 1 is 1.29 bits per heavy atom. The van der Waals surface area contributed by atoms with Gasteiger partial charge in [0.25, 0.3) is 0 Å². The minimum absolute atomic E-state index is 0.106. The summed E-state index contributed by atoms with van der Waals surface area (Å²) < 4.78 is 19.2. The summed E-state index contributed by atoms with van der Waals surface area (Å²) in [6.45, 7) is 4.49. The van der Waals surface area contributed by atoms with Gasteiger partial charge in [-0.05, 0) is 48.8 Å². The van der Waals surface area contributed by atoms with Crippen molar-refractivity contribution in [2.45, 2.75) is 57.7 Å². The Kier molecular flexibility index (Phi) is 4.96. The Morgan fingerprint density at radius 3 is 2.43 bits per heavy atom. The number of methoxy groups -OCH3 is 1. The fourth-order valence-corrected chi connectivity index (χ4v) is 3.22. The van der Waals surface area contributed by atoms with E-state index in [9.17, 15) is 9.50 Å². The number of rotatable bonds is 4. The number of ether oxygens (including phenoxy) is 1. The molecule has 1 aromatic carbocycles. The van der Waals surface area contributed by atoms with E-state index in [2.05, 4.69) is 13.8 Å². The van der Waals surface area contributed by atoms with Crippen molar-refractivity contribution in [3.05, 3.63) is 34.6 Å². The summed E-state index contributed by atoms with van der Waals surface area (Å²) in [4.78, 5) is 0. The molecule has 1 saturated carbocycles. The summed E-state index contributed by atoms with van der Waals surface area (Å²) in [6, 6.07) is 4.68. The molecule has 0 aliphatic heterocycles. The van der Waals surface area contributed by atoms with Crippen LogP contribution in [0.1, 0.15) is 45.1 Å². The Morgan fingerprint density at radius 2 is 1.90 bits per heavy atom. The van der Waals surface area contributed by atoms with Crippen molar-refractivity contribution in [3.63, 3.8) is 0 Å². The fraction of sp³-hybridized carbons (Fsp3) is 0.647. The van der Waals surface area contributed by atoms with E-state index in [0.717, 1.165) is 31.2 Å². The molecule has 0 radical (unpaired) electrons. The van der Waals surface area contributed by atoms with Crippen molar-refractivity contribution in [1.29, 1.82) is 0 Å². The average molecular weight is 315 g/mol. The van der Waals surface area contributed by atoms with E-state index in [1.165, 1.54) is 12.1 Å². The average Bonchev–Trinajstić information content (AvgIpc) is 2.43. The fourth-order valence-electron chi connectivity index (χ4n) is 3.10. The van der Waals surface area contributed by atoms with Gasteiger partial charge < -0.3 is 9.84 Å². The normalized spacial score (nSPS) is 22.0. The first-order chi connectivity index (χ1) is 9.78. The molecule has 0 amide bonds. The van der Waals surface area contributed by atoms with Crippen molar-refractivity contribution in [1.82, 2.24) is 0 Å². The number of halogens is 2. The van der Waals surface area contributed by atoms with Gasteiger partial charge >= 0.3 is 0 Å². The molecule has 21 heavy (non-hydrogen) atoms. The van der Waals surface area contributed by atoms with Crippen LogP contribution < -0.4 is 0 Å². The van der Waals surface area contributed by atoms with Gasteiger partial charge in [-0.2, -0.15) is 0 Å². The molecule has 1 N–H and O–H groups in total. The van der Waals surface area contributed by atoms with Crippen molar-refractivity contribution < 1.29 is 14.2 Å². The highest BCUT2D eigenvalue weighted by Gasteiger charge is 2.43. The van der Waals surface area contributed by atoms with Crippen molar-refractivity contribution in [2.75, 3.05) is 7.11 Å². The minimum Gasteiger partial charge on any atom is -0.390 e. The van der Waals surface area contributed by atoms with Gasteiger partial charge in [0.2, 0.25) is 0 Å². The maximum absolute atomic E-state index is 13.5. The van der Waals surface area contributed by atoms with Crippen LogP contribution in [0.2, 0.25) is 5.02 Å². The van der Waals surface area contributed by atoms with E-state index in [4.69, 9.17) is 16.3 Å². The highest BCUT2D eigenvalue weighted by atomic mass is 35.5. The maximum atomic E-state index is 13.5. The number of aliphatic hydroxyl groups is 1. The van der Waals surface area contributed by atoms with Gasteiger partial charge in [0.05, 0.1) is 16.7 Å². The summed E-state index contributed by atoms with van der Waals surface area (Å²) >= 11 is 5.69. The Balaban J connectivity index is 2.10. The molecular formula is C17H24ClFO2. The summed E-state index contributed by atoms with van der Waals surface area (Å²) in [5, 5.41) is 10.7. The predicted molar refractivity (Wildman–Crippen MR) is 83.1 cm³/mol. The molecule has 0 bridgehead atoms. The second kappa shape index (κ2) is 6.23. The molecule has 1 atom stereocenters. The van der Waals surface area contributed by atoms with Crippen molar-refractivity contribution >= 4 is 11.6 Å². The summed E-state index contributed by atoms with van der Waals surface area (Å²) in [7, 11) is 1.66. The highest BCUT2D eigenvalue weighted by molar-refractivity contribution is 6.30. The van der Waals surface area contributed by atoms with Crippen LogP contribution in [0.3, 0.4) is 0 Å². The molecule has 0 aromatic heterocycles. The lowest BCUT2D eigenvalue weighted by Gasteiger charge is -2.45. The first-order valence-corrected chi connectivity index (χ1v) is 7.83. The number of hydrogen-bond acceptors (Lipinski definition) is 2. The molecule has 2 nitrogen and oxygen atoms in total. The molecule has 0 heterocycles.